The molecule has 3 aromatic rings. The molecule has 0 N–H and O–H groups in total. The van der Waals surface area contributed by atoms with E-state index in [4.69, 9.17) is 32.9 Å². The van der Waals surface area contributed by atoms with Crippen LogP contribution in [0.2, 0.25) is 10.0 Å². The first-order valence-corrected chi connectivity index (χ1v) is 17.4. The van der Waals surface area contributed by atoms with Crippen LogP contribution in [0, 0.1) is 11.3 Å². The predicted octanol–water partition coefficient (Wildman–Crippen LogP) is 7.34. The minimum absolute atomic E-state index is 0.0565. The number of nitrogens with zero attached hydrogens (tertiary/aromatic N) is 6. The summed E-state index contributed by atoms with van der Waals surface area (Å²) in [5, 5.41) is 11.2. The van der Waals surface area contributed by atoms with Gasteiger partial charge in [0.2, 0.25) is 5.91 Å². The fourth-order valence-corrected chi connectivity index (χ4v) is 6.39. The van der Waals surface area contributed by atoms with Crippen molar-refractivity contribution in [3.8, 4) is 11.8 Å². The van der Waals surface area contributed by atoms with Gasteiger partial charge < -0.3 is 14.5 Å². The van der Waals surface area contributed by atoms with E-state index in [9.17, 15) is 14.9 Å². The smallest absolute Gasteiger partial charge is 0.326 e. The minimum atomic E-state index is -0.796. The Balaban J connectivity index is 1.60. The summed E-state index contributed by atoms with van der Waals surface area (Å²) in [5.74, 6) is 1.09. The molecule has 9 nitrogen and oxygen atoms in total. The molecule has 0 saturated carbocycles. The third kappa shape index (κ3) is 7.88. The monoisotopic (exact) mass is 702 g/mol. The normalized spacial score (nSPS) is 18.3. The second-order valence-electron chi connectivity index (χ2n) is 13.3. The fourth-order valence-electron chi connectivity index (χ4n) is 6.13. The zero-order valence-electron chi connectivity index (χ0n) is 29.0. The molecule has 11 heteroatoms. The molecule has 2 aliphatic rings. The lowest BCUT2D eigenvalue weighted by molar-refractivity contribution is -0.132. The predicted molar refractivity (Wildman–Crippen MR) is 194 cm³/mol. The number of nitriles is 1. The van der Waals surface area contributed by atoms with Crippen LogP contribution >= 0.6 is 23.2 Å². The van der Waals surface area contributed by atoms with E-state index in [0.717, 1.165) is 16.7 Å². The Morgan fingerprint density at radius 1 is 0.980 bits per heavy atom. The van der Waals surface area contributed by atoms with Gasteiger partial charge in [0.25, 0.3) is 0 Å². The van der Waals surface area contributed by atoms with Crippen LogP contribution in [0.1, 0.15) is 69.0 Å². The van der Waals surface area contributed by atoms with Gasteiger partial charge in [-0.25, -0.2) is 4.79 Å². The lowest BCUT2D eigenvalue weighted by Crippen LogP contribution is -2.55. The van der Waals surface area contributed by atoms with Crippen molar-refractivity contribution in [3.05, 3.63) is 99.0 Å². The van der Waals surface area contributed by atoms with Crippen molar-refractivity contribution < 1.29 is 14.3 Å². The van der Waals surface area contributed by atoms with Gasteiger partial charge in [0.05, 0.1) is 36.2 Å². The van der Waals surface area contributed by atoms with Crippen molar-refractivity contribution in [1.29, 1.82) is 5.26 Å². The zero-order chi connectivity index (χ0) is 35.5. The Labute approximate surface area is 299 Å². The number of likely N-dealkylation sites (N-methyl/N-ethyl adjacent to an activating group) is 1. The topological polar surface area (TPSA) is 92.5 Å². The number of carbonyl (C=O) groups is 2. The van der Waals surface area contributed by atoms with Gasteiger partial charge in [-0.2, -0.15) is 5.26 Å². The van der Waals surface area contributed by atoms with E-state index in [1.54, 1.807) is 9.80 Å². The van der Waals surface area contributed by atoms with Gasteiger partial charge in [-0.15, -0.1) is 0 Å². The highest BCUT2D eigenvalue weighted by Crippen LogP contribution is 2.46. The van der Waals surface area contributed by atoms with Crippen molar-refractivity contribution >= 4 is 41.0 Å². The van der Waals surface area contributed by atoms with Crippen molar-refractivity contribution in [2.24, 2.45) is 4.99 Å². The standard InChI is InChI=1S/C38H44Cl2N6O3/c1-7-49-32-17-12-28(38(4,5)24-41)22-31(32)36-42-34(26-8-13-29(39)14-9-26)35(27-10-15-30(40)16-11-27)46(36)37(48)45-20-18-44(19-21-45)23-33(47)43(6)25(2)3/h8-17,22,25,34-35H,7,18-21,23H2,1-6H3/t34-,35+/m0/s1. The number of piperazine rings is 1. The number of carbonyl (C=O) groups excluding carboxylic acids is 2. The van der Waals surface area contributed by atoms with Crippen LogP contribution in [0.3, 0.4) is 0 Å². The van der Waals surface area contributed by atoms with Crippen LogP contribution in [0.4, 0.5) is 4.79 Å². The maximum absolute atomic E-state index is 14.9. The number of amides is 3. The number of benzene rings is 3. The van der Waals surface area contributed by atoms with Crippen molar-refractivity contribution in [2.45, 2.75) is 58.2 Å². The lowest BCUT2D eigenvalue weighted by Gasteiger charge is -2.39. The molecular formula is C38H44Cl2N6O3. The van der Waals surface area contributed by atoms with Crippen LogP contribution in [0.5, 0.6) is 5.75 Å². The molecule has 0 unspecified atom stereocenters. The number of ether oxygens (including phenoxy) is 1. The Bertz CT molecular complexity index is 1730. The summed E-state index contributed by atoms with van der Waals surface area (Å²) >= 11 is 12.7. The molecule has 258 valence electrons. The molecular weight excluding hydrogens is 659 g/mol. The molecule has 1 fully saturated rings. The summed E-state index contributed by atoms with van der Waals surface area (Å²) in [7, 11) is 1.82. The molecule has 2 heterocycles. The van der Waals surface area contributed by atoms with E-state index in [1.165, 1.54) is 0 Å². The third-order valence-electron chi connectivity index (χ3n) is 9.39. The van der Waals surface area contributed by atoms with E-state index in [1.807, 2.05) is 113 Å². The molecule has 0 radical (unpaired) electrons. The number of rotatable bonds is 9. The average molecular weight is 704 g/mol. The summed E-state index contributed by atoms with van der Waals surface area (Å²) in [4.78, 5) is 40.5. The van der Waals surface area contributed by atoms with E-state index in [0.29, 0.717) is 66.5 Å². The van der Waals surface area contributed by atoms with Crippen LogP contribution in [0.25, 0.3) is 0 Å². The van der Waals surface area contributed by atoms with Crippen molar-refractivity contribution in [2.75, 3.05) is 46.4 Å². The van der Waals surface area contributed by atoms with E-state index in [-0.39, 0.29) is 18.0 Å². The molecule has 0 aliphatic carbocycles. The maximum Gasteiger partial charge on any atom is 0.326 e. The fraction of sp³-hybridized carbons (Fsp3) is 0.421. The number of urea groups is 1. The Morgan fingerprint density at radius 2 is 1.57 bits per heavy atom. The van der Waals surface area contributed by atoms with Crippen LogP contribution in [0.15, 0.2) is 71.7 Å². The van der Waals surface area contributed by atoms with Crippen molar-refractivity contribution in [3.63, 3.8) is 0 Å². The first-order valence-electron chi connectivity index (χ1n) is 16.7. The second kappa shape index (κ2) is 15.2. The summed E-state index contributed by atoms with van der Waals surface area (Å²) in [6, 6.07) is 22.0. The number of hydrogen-bond donors (Lipinski definition) is 0. The minimum Gasteiger partial charge on any atom is -0.493 e. The van der Waals surface area contributed by atoms with E-state index in [2.05, 4.69) is 11.0 Å². The van der Waals surface area contributed by atoms with Gasteiger partial charge in [0.1, 0.15) is 17.6 Å². The number of halogens is 2. The van der Waals surface area contributed by atoms with Gasteiger partial charge in [-0.3, -0.25) is 19.6 Å². The van der Waals surface area contributed by atoms with Crippen LogP contribution < -0.4 is 4.74 Å². The molecule has 0 spiro atoms. The summed E-state index contributed by atoms with van der Waals surface area (Å²) < 4.78 is 6.13. The quantitative estimate of drug-likeness (QED) is 0.233. The van der Waals surface area contributed by atoms with E-state index >= 15 is 0 Å². The van der Waals surface area contributed by atoms with Gasteiger partial charge >= 0.3 is 6.03 Å². The summed E-state index contributed by atoms with van der Waals surface area (Å²) in [6.45, 7) is 12.3. The maximum atomic E-state index is 14.9. The molecule has 0 aromatic heterocycles. The molecule has 1 saturated heterocycles. The van der Waals surface area contributed by atoms with Crippen LogP contribution in [-0.2, 0) is 10.2 Å². The average Bonchev–Trinajstić information content (AvgIpc) is 3.49. The first-order chi connectivity index (χ1) is 23.3. The largest absolute Gasteiger partial charge is 0.493 e. The van der Waals surface area contributed by atoms with E-state index < -0.39 is 17.5 Å². The van der Waals surface area contributed by atoms with Gasteiger partial charge in [0, 0.05) is 49.3 Å². The molecule has 3 aromatic carbocycles. The lowest BCUT2D eigenvalue weighted by atomic mass is 9.85. The molecule has 0 bridgehead atoms. The van der Waals surface area contributed by atoms with Gasteiger partial charge in [0.15, 0.2) is 0 Å². The Hall–Kier alpha value is -4.10. The van der Waals surface area contributed by atoms with Crippen LogP contribution in [-0.4, -0.2) is 89.8 Å². The number of hydrogen-bond acceptors (Lipinski definition) is 6. The Morgan fingerprint density at radius 3 is 2.12 bits per heavy atom. The summed E-state index contributed by atoms with van der Waals surface area (Å²) in [6.07, 6.45) is 0. The molecule has 2 aliphatic heterocycles. The zero-order valence-corrected chi connectivity index (χ0v) is 30.5. The molecule has 2 atom stereocenters. The molecule has 49 heavy (non-hydrogen) atoms. The molecule has 3 amide bonds. The highest BCUT2D eigenvalue weighted by atomic mass is 35.5. The molecule has 5 rings (SSSR count). The highest BCUT2D eigenvalue weighted by Gasteiger charge is 2.45. The third-order valence-corrected chi connectivity index (χ3v) is 9.89. The van der Waals surface area contributed by atoms with Gasteiger partial charge in [-0.05, 0) is 87.7 Å². The summed E-state index contributed by atoms with van der Waals surface area (Å²) in [5.41, 5.74) is 2.37. The van der Waals surface area contributed by atoms with Gasteiger partial charge in [-0.1, -0.05) is 53.5 Å². The number of aliphatic imine (C=N–C) groups is 1. The number of amidine groups is 1. The first kappa shape index (κ1) is 36.2. The highest BCUT2D eigenvalue weighted by molar-refractivity contribution is 6.30. The Kier molecular flexibility index (Phi) is 11.2. The van der Waals surface area contributed by atoms with Crippen molar-refractivity contribution in [1.82, 2.24) is 19.6 Å². The second-order valence-corrected chi connectivity index (χ2v) is 14.2. The SMILES string of the molecule is CCOc1ccc(C(C)(C)C#N)cc1C1=N[C@@H](c2ccc(Cl)cc2)[C@@H](c2ccc(Cl)cc2)N1C(=O)N1CCN(CC(=O)N(C)C(C)C)CC1.